The lowest BCUT2D eigenvalue weighted by molar-refractivity contribution is -0.681. The van der Waals surface area contributed by atoms with Gasteiger partial charge in [0.2, 0.25) is 11.8 Å². The first-order valence-corrected chi connectivity index (χ1v) is 13.8. The number of carbonyl (C=O) groups is 4. The Hall–Kier alpha value is -3.38. The van der Waals surface area contributed by atoms with Gasteiger partial charge in [-0.15, -0.1) is 17.6 Å². The quantitative estimate of drug-likeness (QED) is 0.319. The maximum absolute atomic E-state index is 15.0. The summed E-state index contributed by atoms with van der Waals surface area (Å²) in [6.45, 7) is 8.02. The monoisotopic (exact) mass is 507 g/mol. The van der Waals surface area contributed by atoms with Gasteiger partial charge in [-0.2, -0.15) is 0 Å². The van der Waals surface area contributed by atoms with Crippen LogP contribution in [0.4, 0.5) is 0 Å². The maximum Gasteiger partial charge on any atom is 0.339 e. The Balaban J connectivity index is 1.30. The summed E-state index contributed by atoms with van der Waals surface area (Å²) in [5.74, 6) is -1.43. The highest BCUT2D eigenvalue weighted by Gasteiger charge is 2.85. The van der Waals surface area contributed by atoms with Gasteiger partial charge in [-0.25, -0.2) is 9.59 Å². The van der Waals surface area contributed by atoms with E-state index in [2.05, 4.69) is 42.8 Å². The van der Waals surface area contributed by atoms with Gasteiger partial charge in [-0.05, 0) is 50.4 Å². The number of rotatable bonds is 7. The summed E-state index contributed by atoms with van der Waals surface area (Å²) in [5.41, 5.74) is -1.46. The van der Waals surface area contributed by atoms with Crippen molar-refractivity contribution in [2.45, 2.75) is 38.5 Å². The van der Waals surface area contributed by atoms with E-state index in [1.165, 1.54) is 0 Å². The average molecular weight is 508 g/mol. The molecule has 4 fully saturated rings. The summed E-state index contributed by atoms with van der Waals surface area (Å²) in [4.78, 5) is 56.5. The highest BCUT2D eigenvalue weighted by molar-refractivity contribution is 6.09. The molecule has 6 nitrogen and oxygen atoms in total. The minimum absolute atomic E-state index is 0.00461. The van der Waals surface area contributed by atoms with Crippen LogP contribution in [-0.2, 0) is 19.2 Å². The Kier molecular flexibility index (Phi) is 3.92. The van der Waals surface area contributed by atoms with Crippen molar-refractivity contribution in [1.82, 2.24) is 5.32 Å². The van der Waals surface area contributed by atoms with Crippen molar-refractivity contribution in [1.29, 1.82) is 0 Å². The minimum atomic E-state index is -0.960. The van der Waals surface area contributed by atoms with Crippen molar-refractivity contribution in [3.05, 3.63) is 85.3 Å². The number of fused-ring (bicyclic) bond motifs is 10. The first-order chi connectivity index (χ1) is 18.3. The molecule has 4 amide bonds. The van der Waals surface area contributed by atoms with E-state index >= 15 is 4.79 Å². The van der Waals surface area contributed by atoms with Gasteiger partial charge in [0.1, 0.15) is 11.3 Å². The standard InChI is InChI=1S/C32H30N2O4/c1-3-11-29-13-9-19(17-29)23-25(35)33-27(37)31(23,29)15-16-32-24(20-10-14-30(32,18-20)12-4-2)26(36)34(28(32)38)21-5-6-22(34)8-7-21/h3-10,13-14,19-20,23-24H,1-2,11-12,15-18H2/p+1. The second kappa shape index (κ2) is 6.60. The highest BCUT2D eigenvalue weighted by atomic mass is 16.2. The summed E-state index contributed by atoms with van der Waals surface area (Å²) in [7, 11) is 0. The number of carbonyl (C=O) groups excluding carboxylic acids is 4. The van der Waals surface area contributed by atoms with Gasteiger partial charge < -0.3 is 0 Å². The Bertz CT molecular complexity index is 1450. The van der Waals surface area contributed by atoms with E-state index < -0.39 is 33.5 Å². The van der Waals surface area contributed by atoms with Crippen molar-refractivity contribution in [2.24, 2.45) is 45.3 Å². The fraction of sp³-hybridized carbons (Fsp3) is 0.438. The third-order valence-electron chi connectivity index (χ3n) is 12.0. The SMILES string of the molecule is C=CCC12C=CC(C1)C1C(=O)NC(=O)C12CCC12C(=O)[N+]3(C(=O)C1C1C=CC2(CC=C)C1)C1=CC=C3C=C1. The van der Waals surface area contributed by atoms with Crippen LogP contribution in [0.5, 0.6) is 0 Å². The third-order valence-corrected chi connectivity index (χ3v) is 12.0. The van der Waals surface area contributed by atoms with Crippen LogP contribution < -0.4 is 5.32 Å². The summed E-state index contributed by atoms with van der Waals surface area (Å²) in [5, 5.41) is 2.67. The topological polar surface area (TPSA) is 80.3 Å². The normalized spacial score (nSPS) is 46.8. The van der Waals surface area contributed by atoms with E-state index in [0.717, 1.165) is 24.2 Å². The predicted molar refractivity (Wildman–Crippen MR) is 139 cm³/mol. The fourth-order valence-electron chi connectivity index (χ4n) is 10.8. The molecule has 4 aliphatic heterocycles. The Labute approximate surface area is 221 Å². The lowest BCUT2D eigenvalue weighted by atomic mass is 9.52. The lowest BCUT2D eigenvalue weighted by Gasteiger charge is -2.46. The molecule has 8 atom stereocenters. The summed E-state index contributed by atoms with van der Waals surface area (Å²) in [6, 6.07) is 0. The lowest BCUT2D eigenvalue weighted by Crippen LogP contribution is -2.54. The summed E-state index contributed by atoms with van der Waals surface area (Å²) >= 11 is 0. The molecule has 6 heteroatoms. The largest absolute Gasteiger partial charge is 0.339 e. The van der Waals surface area contributed by atoms with Gasteiger partial charge in [-0.1, -0.05) is 36.5 Å². The second-order valence-corrected chi connectivity index (χ2v) is 12.8. The van der Waals surface area contributed by atoms with Crippen LogP contribution in [0.25, 0.3) is 0 Å². The number of allylic oxidation sites excluding steroid dienone is 10. The Morgan fingerprint density at radius 1 is 0.842 bits per heavy atom. The molecule has 0 aromatic heterocycles. The Morgan fingerprint density at radius 3 is 1.97 bits per heavy atom. The first kappa shape index (κ1) is 22.6. The molecule has 4 heterocycles. The van der Waals surface area contributed by atoms with Gasteiger partial charge >= 0.3 is 11.8 Å². The summed E-state index contributed by atoms with van der Waals surface area (Å²) in [6.07, 6.45) is 23.3. The second-order valence-electron chi connectivity index (χ2n) is 12.8. The van der Waals surface area contributed by atoms with Gasteiger partial charge in [0.25, 0.3) is 0 Å². The van der Waals surface area contributed by atoms with Crippen LogP contribution in [0, 0.1) is 45.3 Å². The zero-order valence-electron chi connectivity index (χ0n) is 21.3. The molecule has 1 N–H and O–H groups in total. The molecule has 8 unspecified atom stereocenters. The van der Waals surface area contributed by atoms with E-state index in [0.29, 0.717) is 25.7 Å². The zero-order valence-corrected chi connectivity index (χ0v) is 21.3. The van der Waals surface area contributed by atoms with E-state index in [1.54, 1.807) is 0 Å². The van der Waals surface area contributed by atoms with Crippen LogP contribution in [0.2, 0.25) is 0 Å². The maximum atomic E-state index is 15.0. The number of hydrogen-bond acceptors (Lipinski definition) is 4. The molecular weight excluding hydrogens is 476 g/mol. The molecule has 2 saturated heterocycles. The molecule has 0 aromatic carbocycles. The van der Waals surface area contributed by atoms with E-state index in [4.69, 9.17) is 0 Å². The molecule has 0 aromatic rings. The third kappa shape index (κ3) is 1.94. The van der Waals surface area contributed by atoms with Gasteiger partial charge in [0, 0.05) is 35.1 Å². The minimum Gasteiger partial charge on any atom is -0.296 e. The number of quaternary nitrogens is 1. The molecule has 6 bridgehead atoms. The number of nitrogens with one attached hydrogen (secondary N) is 1. The molecule has 192 valence electrons. The predicted octanol–water partition coefficient (Wildman–Crippen LogP) is 4.17. The zero-order chi connectivity index (χ0) is 26.3. The number of hydrogen-bond donors (Lipinski definition) is 1. The number of imide groups is 2. The molecule has 38 heavy (non-hydrogen) atoms. The molecule has 1 spiro atoms. The van der Waals surface area contributed by atoms with Crippen LogP contribution in [0.1, 0.15) is 38.5 Å². The molecule has 0 radical (unpaired) electrons. The van der Waals surface area contributed by atoms with Gasteiger partial charge in [0.15, 0.2) is 11.4 Å². The molecule has 4 aliphatic carbocycles. The van der Waals surface area contributed by atoms with Gasteiger partial charge in [0.05, 0.1) is 11.3 Å². The van der Waals surface area contributed by atoms with E-state index in [1.807, 2.05) is 36.5 Å². The van der Waals surface area contributed by atoms with Crippen molar-refractivity contribution < 1.29 is 23.7 Å². The van der Waals surface area contributed by atoms with Crippen molar-refractivity contribution in [2.75, 3.05) is 0 Å². The summed E-state index contributed by atoms with van der Waals surface area (Å²) < 4.78 is -0.316. The number of nitrogens with zero attached hydrogens (tertiary/aromatic N) is 1. The average Bonchev–Trinajstić information content (AvgIpc) is 3.75. The molecular formula is C32H31N2O4+. The van der Waals surface area contributed by atoms with Crippen LogP contribution in [0.15, 0.2) is 85.3 Å². The van der Waals surface area contributed by atoms with Crippen molar-refractivity contribution >= 4 is 23.6 Å². The molecule has 2 saturated carbocycles. The van der Waals surface area contributed by atoms with Crippen LogP contribution in [0.3, 0.4) is 0 Å². The first-order valence-electron chi connectivity index (χ1n) is 13.8. The smallest absolute Gasteiger partial charge is 0.296 e. The van der Waals surface area contributed by atoms with E-state index in [9.17, 15) is 14.4 Å². The molecule has 8 aliphatic rings. The van der Waals surface area contributed by atoms with Gasteiger partial charge in [-0.3, -0.25) is 14.9 Å². The van der Waals surface area contributed by atoms with Crippen molar-refractivity contribution in [3.8, 4) is 0 Å². The fourth-order valence-corrected chi connectivity index (χ4v) is 10.8. The van der Waals surface area contributed by atoms with Crippen molar-refractivity contribution in [3.63, 3.8) is 0 Å². The number of amides is 4. The van der Waals surface area contributed by atoms with Crippen LogP contribution in [-0.4, -0.2) is 28.1 Å². The van der Waals surface area contributed by atoms with E-state index in [-0.39, 0.29) is 39.9 Å². The Morgan fingerprint density at radius 2 is 1.39 bits per heavy atom. The molecule has 8 rings (SSSR count). The van der Waals surface area contributed by atoms with Crippen LogP contribution >= 0.6 is 0 Å². The highest BCUT2D eigenvalue weighted by Crippen LogP contribution is 2.76.